The first-order valence-corrected chi connectivity index (χ1v) is 14.9. The molecule has 0 bridgehead atoms. The number of benzene rings is 2. The first kappa shape index (κ1) is 31.8. The van der Waals surface area contributed by atoms with E-state index < -0.39 is 0 Å². The normalized spacial score (nSPS) is 14.8. The van der Waals surface area contributed by atoms with Gasteiger partial charge in [-0.1, -0.05) is 113 Å². The van der Waals surface area contributed by atoms with Gasteiger partial charge in [-0.05, 0) is 54.5 Å². The lowest BCUT2D eigenvalue weighted by Gasteiger charge is -2.37. The molecule has 0 aliphatic rings. The molecule has 2 unspecified atom stereocenters. The van der Waals surface area contributed by atoms with Crippen LogP contribution in [0.4, 0.5) is 0 Å². The summed E-state index contributed by atoms with van der Waals surface area (Å²) in [6.45, 7) is 26.4. The smallest absolute Gasteiger partial charge is 0.188 e. The number of methoxy groups -OCH3 is 1. The van der Waals surface area contributed by atoms with E-state index in [2.05, 4.69) is 118 Å². The number of nitrogens with one attached hydrogen (secondary N) is 1. The maximum Gasteiger partial charge on any atom is 0.188 e. The fraction of sp³-hybridized carbons (Fsp3) is 0.636. The highest BCUT2D eigenvalue weighted by atomic mass is 31.1. The molecular weight excluding hydrogens is 473 g/mol. The van der Waals surface area contributed by atoms with E-state index in [0.717, 1.165) is 18.7 Å². The van der Waals surface area contributed by atoms with Crippen LogP contribution in [0.25, 0.3) is 0 Å². The van der Waals surface area contributed by atoms with Crippen molar-refractivity contribution in [1.29, 1.82) is 0 Å². The number of ether oxygens (including phenoxy) is 2. The van der Waals surface area contributed by atoms with E-state index in [9.17, 15) is 0 Å². The zero-order chi connectivity index (χ0) is 28.1. The van der Waals surface area contributed by atoms with Crippen molar-refractivity contribution >= 4 is 13.9 Å². The summed E-state index contributed by atoms with van der Waals surface area (Å²) in [7, 11) is 2.33. The van der Waals surface area contributed by atoms with Crippen molar-refractivity contribution in [3.63, 3.8) is 0 Å². The minimum atomic E-state index is -0.0574. The van der Waals surface area contributed by atoms with Crippen molar-refractivity contribution in [3.05, 3.63) is 58.7 Å². The van der Waals surface area contributed by atoms with Gasteiger partial charge in [0.25, 0.3) is 0 Å². The summed E-state index contributed by atoms with van der Waals surface area (Å²) in [5, 5.41) is 5.09. The Kier molecular flexibility index (Phi) is 10.9. The average Bonchev–Trinajstić information content (AvgIpc) is 2.78. The molecule has 0 heterocycles. The monoisotopic (exact) mass is 527 g/mol. The summed E-state index contributed by atoms with van der Waals surface area (Å²) in [5.74, 6) is 1.01. The predicted octanol–water partition coefficient (Wildman–Crippen LogP) is 8.56. The molecule has 2 aromatic rings. The van der Waals surface area contributed by atoms with Crippen molar-refractivity contribution in [2.24, 2.45) is 0 Å². The summed E-state index contributed by atoms with van der Waals surface area (Å²) in [5.41, 5.74) is 5.41. The summed E-state index contributed by atoms with van der Waals surface area (Å²) in [4.78, 5) is 0. The summed E-state index contributed by atoms with van der Waals surface area (Å²) >= 11 is 0. The Morgan fingerprint density at radius 2 is 1.46 bits per heavy atom. The topological polar surface area (TPSA) is 30.5 Å². The molecule has 0 aliphatic carbocycles. The standard InChI is InChI=1S/C33H54NO2P/c1-13-14-19-33(11,37-28-18-16-15-17-24(28)22-34-32(8,9)10)27-21-25(30(2,3)4)20-26(31(5,6)7)29(27)36-23-35-12/h15-18,20-21,34,37H,13-14,19,22-23H2,1-12H3. The molecule has 1 N–H and O–H groups in total. The minimum Gasteiger partial charge on any atom is -0.467 e. The van der Waals surface area contributed by atoms with Gasteiger partial charge in [-0.2, -0.15) is 0 Å². The maximum atomic E-state index is 6.47. The lowest BCUT2D eigenvalue weighted by Crippen LogP contribution is -2.36. The van der Waals surface area contributed by atoms with Gasteiger partial charge >= 0.3 is 0 Å². The van der Waals surface area contributed by atoms with Crippen LogP contribution in [0.3, 0.4) is 0 Å². The van der Waals surface area contributed by atoms with Gasteiger partial charge in [-0.3, -0.25) is 0 Å². The van der Waals surface area contributed by atoms with Crippen LogP contribution in [0, 0.1) is 0 Å². The Balaban J connectivity index is 2.77. The van der Waals surface area contributed by atoms with Gasteiger partial charge in [0.1, 0.15) is 5.75 Å². The highest BCUT2D eigenvalue weighted by molar-refractivity contribution is 7.48. The van der Waals surface area contributed by atoms with E-state index in [0.29, 0.717) is 8.58 Å². The lowest BCUT2D eigenvalue weighted by molar-refractivity contribution is 0.0486. The molecule has 4 heteroatoms. The SMILES string of the molecule is CCCCC(C)(Pc1ccccc1CNC(C)(C)C)c1cc(C(C)(C)C)cc(C(C)(C)C)c1OCOC. The molecule has 0 saturated heterocycles. The zero-order valence-corrected chi connectivity index (χ0v) is 26.8. The minimum absolute atomic E-state index is 0.0395. The van der Waals surface area contributed by atoms with Crippen LogP contribution in [-0.4, -0.2) is 19.4 Å². The van der Waals surface area contributed by atoms with Crippen molar-refractivity contribution in [3.8, 4) is 5.75 Å². The van der Waals surface area contributed by atoms with Gasteiger partial charge in [0.2, 0.25) is 0 Å². The van der Waals surface area contributed by atoms with Gasteiger partial charge in [0.05, 0.1) is 0 Å². The molecule has 0 radical (unpaired) electrons. The van der Waals surface area contributed by atoms with Crippen LogP contribution in [0.2, 0.25) is 0 Å². The maximum absolute atomic E-state index is 6.47. The lowest BCUT2D eigenvalue weighted by atomic mass is 9.76. The van der Waals surface area contributed by atoms with Crippen LogP contribution in [-0.2, 0) is 27.3 Å². The molecule has 0 aromatic heterocycles. The number of hydrogen-bond donors (Lipinski definition) is 1. The Morgan fingerprint density at radius 3 is 2.00 bits per heavy atom. The fourth-order valence-corrected chi connectivity index (χ4v) is 6.28. The molecule has 0 fully saturated rings. The quantitative estimate of drug-likeness (QED) is 0.234. The molecule has 2 rings (SSSR count). The van der Waals surface area contributed by atoms with Crippen LogP contribution in [0.15, 0.2) is 36.4 Å². The zero-order valence-electron chi connectivity index (χ0n) is 25.8. The predicted molar refractivity (Wildman–Crippen MR) is 164 cm³/mol. The molecule has 0 aliphatic heterocycles. The van der Waals surface area contributed by atoms with Crippen molar-refractivity contribution < 1.29 is 9.47 Å². The van der Waals surface area contributed by atoms with Crippen LogP contribution >= 0.6 is 8.58 Å². The molecule has 0 amide bonds. The van der Waals surface area contributed by atoms with E-state index in [1.165, 1.54) is 40.4 Å². The number of hydrogen-bond acceptors (Lipinski definition) is 3. The van der Waals surface area contributed by atoms with Crippen molar-refractivity contribution in [2.75, 3.05) is 13.9 Å². The largest absolute Gasteiger partial charge is 0.467 e. The molecule has 208 valence electrons. The summed E-state index contributed by atoms with van der Waals surface area (Å²) < 4.78 is 11.9. The van der Waals surface area contributed by atoms with E-state index in [1.54, 1.807) is 7.11 Å². The van der Waals surface area contributed by atoms with Gasteiger partial charge in [0, 0.05) is 35.5 Å². The van der Waals surface area contributed by atoms with Gasteiger partial charge in [-0.25, -0.2) is 0 Å². The third-order valence-electron chi connectivity index (χ3n) is 6.95. The molecule has 2 atom stereocenters. The molecule has 0 spiro atoms. The molecule has 0 saturated carbocycles. The van der Waals surface area contributed by atoms with Gasteiger partial charge < -0.3 is 14.8 Å². The second-order valence-electron chi connectivity index (χ2n) is 13.8. The van der Waals surface area contributed by atoms with Crippen molar-refractivity contribution in [1.82, 2.24) is 5.32 Å². The van der Waals surface area contributed by atoms with Gasteiger partial charge in [-0.15, -0.1) is 0 Å². The van der Waals surface area contributed by atoms with E-state index >= 15 is 0 Å². The van der Waals surface area contributed by atoms with Crippen LogP contribution < -0.4 is 15.4 Å². The van der Waals surface area contributed by atoms with E-state index in [-0.39, 0.29) is 28.3 Å². The summed E-state index contributed by atoms with van der Waals surface area (Å²) in [6, 6.07) is 13.8. The van der Waals surface area contributed by atoms with E-state index in [4.69, 9.17) is 9.47 Å². The Labute approximate surface area is 230 Å². The first-order valence-electron chi connectivity index (χ1n) is 13.9. The molecule has 2 aromatic carbocycles. The highest BCUT2D eigenvalue weighted by Crippen LogP contribution is 2.52. The third kappa shape index (κ3) is 9.09. The fourth-order valence-electron chi connectivity index (χ4n) is 4.55. The Morgan fingerprint density at radius 1 is 0.838 bits per heavy atom. The highest BCUT2D eigenvalue weighted by Gasteiger charge is 2.35. The second kappa shape index (κ2) is 12.6. The molecule has 37 heavy (non-hydrogen) atoms. The Hall–Kier alpha value is -1.41. The first-order chi connectivity index (χ1) is 17.0. The van der Waals surface area contributed by atoms with Crippen LogP contribution in [0.1, 0.15) is 118 Å². The van der Waals surface area contributed by atoms with Gasteiger partial charge in [0.15, 0.2) is 6.79 Å². The third-order valence-corrected chi connectivity index (χ3v) is 8.77. The Bertz CT molecular complexity index is 1010. The average molecular weight is 528 g/mol. The van der Waals surface area contributed by atoms with E-state index in [1.807, 2.05) is 0 Å². The number of unbranched alkanes of at least 4 members (excludes halogenated alkanes) is 1. The second-order valence-corrected chi connectivity index (χ2v) is 15.7. The van der Waals surface area contributed by atoms with Crippen LogP contribution in [0.5, 0.6) is 5.75 Å². The summed E-state index contributed by atoms with van der Waals surface area (Å²) in [6.07, 6.45) is 3.47. The van der Waals surface area contributed by atoms with Crippen molar-refractivity contribution in [2.45, 2.75) is 123 Å². The number of rotatable bonds is 11. The molecular formula is C33H54NO2P. The molecule has 3 nitrogen and oxygen atoms in total.